The third-order valence-electron chi connectivity index (χ3n) is 3.62. The Balaban J connectivity index is 1.57. The SMILES string of the molecule is O=C(N/N=C\c1ccc(OC(=O)c2cccc(Cl)c2)cc1)c1cccc(Cl)c1. The van der Waals surface area contributed by atoms with Crippen molar-refractivity contribution in [1.82, 2.24) is 5.43 Å². The summed E-state index contributed by atoms with van der Waals surface area (Å²) in [4.78, 5) is 24.1. The predicted octanol–water partition coefficient (Wildman–Crippen LogP) is 4.98. The molecule has 28 heavy (non-hydrogen) atoms. The van der Waals surface area contributed by atoms with E-state index in [4.69, 9.17) is 27.9 Å². The number of amides is 1. The maximum absolute atomic E-state index is 12.1. The van der Waals surface area contributed by atoms with Crippen molar-refractivity contribution in [3.8, 4) is 5.75 Å². The van der Waals surface area contributed by atoms with Gasteiger partial charge in [0.25, 0.3) is 5.91 Å². The van der Waals surface area contributed by atoms with Crippen LogP contribution in [-0.4, -0.2) is 18.1 Å². The Morgan fingerprint density at radius 1 is 0.857 bits per heavy atom. The van der Waals surface area contributed by atoms with Crippen LogP contribution in [0.5, 0.6) is 5.75 Å². The Kier molecular flexibility index (Phi) is 6.42. The zero-order valence-electron chi connectivity index (χ0n) is 14.4. The molecule has 0 saturated carbocycles. The van der Waals surface area contributed by atoms with E-state index in [-0.39, 0.29) is 5.91 Å². The van der Waals surface area contributed by atoms with E-state index in [1.165, 1.54) is 12.3 Å². The van der Waals surface area contributed by atoms with Crippen LogP contribution in [0.3, 0.4) is 0 Å². The van der Waals surface area contributed by atoms with Crippen LogP contribution in [0, 0.1) is 0 Å². The lowest BCUT2D eigenvalue weighted by atomic mass is 10.2. The predicted molar refractivity (Wildman–Crippen MR) is 109 cm³/mol. The smallest absolute Gasteiger partial charge is 0.343 e. The van der Waals surface area contributed by atoms with Crippen LogP contribution < -0.4 is 10.2 Å². The number of rotatable bonds is 5. The molecule has 3 aromatic rings. The Hall–Kier alpha value is -3.15. The van der Waals surface area contributed by atoms with E-state index in [9.17, 15) is 9.59 Å². The van der Waals surface area contributed by atoms with Gasteiger partial charge in [0.1, 0.15) is 5.75 Å². The summed E-state index contributed by atoms with van der Waals surface area (Å²) in [6.07, 6.45) is 1.48. The van der Waals surface area contributed by atoms with Crippen LogP contribution >= 0.6 is 23.2 Å². The minimum Gasteiger partial charge on any atom is -0.423 e. The molecule has 1 amide bonds. The van der Waals surface area contributed by atoms with Gasteiger partial charge in [0.2, 0.25) is 0 Å². The molecule has 5 nitrogen and oxygen atoms in total. The average Bonchev–Trinajstić information content (AvgIpc) is 2.69. The summed E-state index contributed by atoms with van der Waals surface area (Å²) in [7, 11) is 0. The topological polar surface area (TPSA) is 67.8 Å². The maximum Gasteiger partial charge on any atom is 0.343 e. The van der Waals surface area contributed by atoms with Gasteiger partial charge in [-0.3, -0.25) is 4.79 Å². The van der Waals surface area contributed by atoms with Crippen LogP contribution in [0.15, 0.2) is 77.9 Å². The molecule has 0 atom stereocenters. The number of esters is 1. The monoisotopic (exact) mass is 412 g/mol. The summed E-state index contributed by atoms with van der Waals surface area (Å²) < 4.78 is 5.30. The number of halogens is 2. The molecule has 0 heterocycles. The molecular formula is C21H14Cl2N2O3. The van der Waals surface area contributed by atoms with E-state index in [2.05, 4.69) is 10.5 Å². The molecule has 3 rings (SSSR count). The van der Waals surface area contributed by atoms with Gasteiger partial charge in [-0.2, -0.15) is 5.10 Å². The summed E-state index contributed by atoms with van der Waals surface area (Å²) in [6, 6.07) is 19.7. The Morgan fingerprint density at radius 2 is 1.46 bits per heavy atom. The van der Waals surface area contributed by atoms with Crippen molar-refractivity contribution < 1.29 is 14.3 Å². The molecule has 0 aromatic heterocycles. The van der Waals surface area contributed by atoms with E-state index < -0.39 is 5.97 Å². The molecule has 1 N–H and O–H groups in total. The number of ether oxygens (including phenoxy) is 1. The fourth-order valence-electron chi connectivity index (χ4n) is 2.26. The van der Waals surface area contributed by atoms with Gasteiger partial charge in [-0.15, -0.1) is 0 Å². The summed E-state index contributed by atoms with van der Waals surface area (Å²) in [5, 5.41) is 4.84. The van der Waals surface area contributed by atoms with Gasteiger partial charge >= 0.3 is 5.97 Å². The molecule has 0 radical (unpaired) electrons. The van der Waals surface area contributed by atoms with Crippen molar-refractivity contribution in [1.29, 1.82) is 0 Å². The molecule has 0 saturated heterocycles. The van der Waals surface area contributed by atoms with E-state index in [1.807, 2.05) is 0 Å². The van der Waals surface area contributed by atoms with E-state index in [0.29, 0.717) is 32.5 Å². The number of nitrogens with zero attached hydrogens (tertiary/aromatic N) is 1. The second kappa shape index (κ2) is 9.17. The Morgan fingerprint density at radius 3 is 2.11 bits per heavy atom. The Bertz CT molecular complexity index is 1030. The van der Waals surface area contributed by atoms with E-state index in [1.54, 1.807) is 66.7 Å². The summed E-state index contributed by atoms with van der Waals surface area (Å²) >= 11 is 11.7. The van der Waals surface area contributed by atoms with Gasteiger partial charge in [-0.25, -0.2) is 10.2 Å². The van der Waals surface area contributed by atoms with Gasteiger partial charge in [0.15, 0.2) is 0 Å². The lowest BCUT2D eigenvalue weighted by molar-refractivity contribution is 0.0734. The summed E-state index contributed by atoms with van der Waals surface area (Å²) in [5.74, 6) is -0.492. The first-order chi connectivity index (χ1) is 13.5. The Labute approximate surface area is 171 Å². The number of carbonyl (C=O) groups excluding carboxylic acids is 2. The van der Waals surface area contributed by atoms with Crippen molar-refractivity contribution in [2.75, 3.05) is 0 Å². The van der Waals surface area contributed by atoms with Gasteiger partial charge < -0.3 is 4.74 Å². The second-order valence-corrected chi connectivity index (χ2v) is 6.55. The molecule has 7 heteroatoms. The molecule has 140 valence electrons. The standard InChI is InChI=1S/C21H14Cl2N2O3/c22-17-5-1-3-15(11-17)20(26)25-24-13-14-7-9-19(10-8-14)28-21(27)16-4-2-6-18(23)12-16/h1-13H,(H,25,26)/b24-13-. The molecule has 3 aromatic carbocycles. The molecular weight excluding hydrogens is 399 g/mol. The molecule has 0 spiro atoms. The minimum atomic E-state index is -0.502. The highest BCUT2D eigenvalue weighted by Gasteiger charge is 2.09. The lowest BCUT2D eigenvalue weighted by Gasteiger charge is -2.05. The average molecular weight is 413 g/mol. The summed E-state index contributed by atoms with van der Waals surface area (Å²) in [6.45, 7) is 0. The molecule has 0 aliphatic rings. The quantitative estimate of drug-likeness (QED) is 0.278. The molecule has 0 aliphatic heterocycles. The largest absolute Gasteiger partial charge is 0.423 e. The lowest BCUT2D eigenvalue weighted by Crippen LogP contribution is -2.17. The van der Waals surface area contributed by atoms with Crippen molar-refractivity contribution in [3.05, 3.63) is 99.5 Å². The minimum absolute atomic E-state index is 0.363. The van der Waals surface area contributed by atoms with Crippen LogP contribution in [0.4, 0.5) is 0 Å². The zero-order chi connectivity index (χ0) is 19.9. The highest BCUT2D eigenvalue weighted by Crippen LogP contribution is 2.16. The number of carbonyl (C=O) groups is 2. The highest BCUT2D eigenvalue weighted by atomic mass is 35.5. The fraction of sp³-hybridized carbons (Fsp3) is 0. The van der Waals surface area contributed by atoms with Crippen molar-refractivity contribution >= 4 is 41.3 Å². The van der Waals surface area contributed by atoms with Gasteiger partial charge in [-0.1, -0.05) is 35.3 Å². The number of hydrazone groups is 1. The molecule has 0 fully saturated rings. The summed E-state index contributed by atoms with van der Waals surface area (Å²) in [5.41, 5.74) is 3.91. The van der Waals surface area contributed by atoms with E-state index in [0.717, 1.165) is 0 Å². The zero-order valence-corrected chi connectivity index (χ0v) is 15.9. The molecule has 0 bridgehead atoms. The van der Waals surface area contributed by atoms with Crippen LogP contribution in [0.1, 0.15) is 26.3 Å². The van der Waals surface area contributed by atoms with Gasteiger partial charge in [0.05, 0.1) is 11.8 Å². The fourth-order valence-corrected chi connectivity index (χ4v) is 2.64. The third-order valence-corrected chi connectivity index (χ3v) is 4.09. The second-order valence-electron chi connectivity index (χ2n) is 5.68. The van der Waals surface area contributed by atoms with Gasteiger partial charge in [-0.05, 0) is 66.2 Å². The van der Waals surface area contributed by atoms with Crippen LogP contribution in [-0.2, 0) is 0 Å². The van der Waals surface area contributed by atoms with E-state index >= 15 is 0 Å². The van der Waals surface area contributed by atoms with Crippen LogP contribution in [0.2, 0.25) is 10.0 Å². The van der Waals surface area contributed by atoms with Crippen LogP contribution in [0.25, 0.3) is 0 Å². The van der Waals surface area contributed by atoms with Crippen molar-refractivity contribution in [2.45, 2.75) is 0 Å². The van der Waals surface area contributed by atoms with Crippen molar-refractivity contribution in [2.24, 2.45) is 5.10 Å². The number of benzene rings is 3. The first-order valence-electron chi connectivity index (χ1n) is 8.18. The first-order valence-corrected chi connectivity index (χ1v) is 8.93. The molecule has 0 unspecified atom stereocenters. The van der Waals surface area contributed by atoms with Crippen molar-refractivity contribution in [3.63, 3.8) is 0 Å². The normalized spacial score (nSPS) is 10.6. The van der Waals surface area contributed by atoms with Gasteiger partial charge in [0, 0.05) is 15.6 Å². The number of hydrogen-bond donors (Lipinski definition) is 1. The first kappa shape index (κ1) is 19.6. The highest BCUT2D eigenvalue weighted by molar-refractivity contribution is 6.31. The third kappa shape index (κ3) is 5.42. The number of nitrogens with one attached hydrogen (secondary N) is 1. The number of hydrogen-bond acceptors (Lipinski definition) is 4. The molecule has 0 aliphatic carbocycles. The maximum atomic E-state index is 12.1.